The summed E-state index contributed by atoms with van der Waals surface area (Å²) in [5, 5.41) is 9.15. The molecular weight excluding hydrogens is 210 g/mol. The summed E-state index contributed by atoms with van der Waals surface area (Å²) in [5.74, 6) is 0.741. The van der Waals surface area contributed by atoms with Crippen LogP contribution in [0.4, 0.5) is 0 Å². The van der Waals surface area contributed by atoms with Crippen molar-refractivity contribution in [3.05, 3.63) is 12.7 Å². The average Bonchev–Trinajstić information content (AvgIpc) is 2.35. The van der Waals surface area contributed by atoms with Crippen molar-refractivity contribution in [2.24, 2.45) is 17.3 Å². The molecule has 3 unspecified atom stereocenters. The first-order chi connectivity index (χ1) is 8.05. The number of rotatable bonds is 5. The molecule has 1 saturated carbocycles. The van der Waals surface area contributed by atoms with Gasteiger partial charge >= 0.3 is 0 Å². The van der Waals surface area contributed by atoms with Gasteiger partial charge < -0.3 is 4.74 Å². The summed E-state index contributed by atoms with van der Waals surface area (Å²) in [6, 6.07) is 2.39. The molecule has 0 N–H and O–H groups in total. The molecule has 3 atom stereocenters. The molecule has 0 aromatic rings. The number of nitriles is 1. The van der Waals surface area contributed by atoms with E-state index in [0.717, 1.165) is 19.3 Å². The molecule has 17 heavy (non-hydrogen) atoms. The largest absolute Gasteiger partial charge is 0.373 e. The minimum absolute atomic E-state index is 0.0684. The fourth-order valence-electron chi connectivity index (χ4n) is 2.65. The Morgan fingerprint density at radius 1 is 1.47 bits per heavy atom. The van der Waals surface area contributed by atoms with E-state index < -0.39 is 0 Å². The van der Waals surface area contributed by atoms with Crippen LogP contribution in [0.1, 0.15) is 46.5 Å². The highest BCUT2D eigenvalue weighted by Gasteiger charge is 2.37. The van der Waals surface area contributed by atoms with Gasteiger partial charge in [-0.1, -0.05) is 33.3 Å². The highest BCUT2D eigenvalue weighted by Crippen LogP contribution is 2.42. The normalized spacial score (nSPS) is 29.6. The van der Waals surface area contributed by atoms with Crippen LogP contribution in [-0.4, -0.2) is 12.7 Å². The maximum Gasteiger partial charge on any atom is 0.0740 e. The summed E-state index contributed by atoms with van der Waals surface area (Å²) >= 11 is 0. The molecule has 0 amide bonds. The van der Waals surface area contributed by atoms with E-state index in [1.54, 1.807) is 6.08 Å². The van der Waals surface area contributed by atoms with E-state index in [4.69, 9.17) is 10.00 Å². The lowest BCUT2D eigenvalue weighted by molar-refractivity contribution is -0.0199. The van der Waals surface area contributed by atoms with E-state index in [2.05, 4.69) is 33.4 Å². The fourth-order valence-corrected chi connectivity index (χ4v) is 2.65. The number of hydrogen-bond donors (Lipinski definition) is 0. The predicted octanol–water partition coefficient (Wildman–Crippen LogP) is 3.93. The van der Waals surface area contributed by atoms with Crippen molar-refractivity contribution in [2.75, 3.05) is 6.61 Å². The van der Waals surface area contributed by atoms with Crippen LogP contribution in [0.25, 0.3) is 0 Å². The molecule has 1 aliphatic carbocycles. The van der Waals surface area contributed by atoms with Gasteiger partial charge in [-0.3, -0.25) is 0 Å². The number of hydrogen-bond acceptors (Lipinski definition) is 2. The van der Waals surface area contributed by atoms with Crippen molar-refractivity contribution in [1.82, 2.24) is 0 Å². The summed E-state index contributed by atoms with van der Waals surface area (Å²) in [6.45, 7) is 11.1. The maximum atomic E-state index is 9.15. The SMILES string of the molecule is C=CCOC1CC(C(C)(C)CC)CCC1C#N. The van der Waals surface area contributed by atoms with Crippen LogP contribution in [0.3, 0.4) is 0 Å². The number of ether oxygens (including phenoxy) is 1. The van der Waals surface area contributed by atoms with Crippen molar-refractivity contribution in [2.45, 2.75) is 52.6 Å². The minimum atomic E-state index is 0.0684. The van der Waals surface area contributed by atoms with Crippen LogP contribution < -0.4 is 0 Å². The zero-order valence-corrected chi connectivity index (χ0v) is 11.4. The van der Waals surface area contributed by atoms with Gasteiger partial charge in [0.05, 0.1) is 24.7 Å². The molecule has 2 nitrogen and oxygen atoms in total. The highest BCUT2D eigenvalue weighted by atomic mass is 16.5. The Bertz CT molecular complexity index is 290. The standard InChI is InChI=1S/C15H25NO/c1-5-9-17-14-10-13(15(3,4)6-2)8-7-12(14)11-16/h5,12-14H,1,6-10H2,2-4H3. The molecule has 0 radical (unpaired) electrons. The molecule has 0 heterocycles. The summed E-state index contributed by atoms with van der Waals surface area (Å²) in [6.07, 6.45) is 6.21. The van der Waals surface area contributed by atoms with Gasteiger partial charge in [0.25, 0.3) is 0 Å². The molecule has 2 heteroatoms. The van der Waals surface area contributed by atoms with Gasteiger partial charge in [-0.15, -0.1) is 6.58 Å². The van der Waals surface area contributed by atoms with Crippen molar-refractivity contribution in [3.63, 3.8) is 0 Å². The average molecular weight is 235 g/mol. The van der Waals surface area contributed by atoms with Gasteiger partial charge in [-0.05, 0) is 30.6 Å². The highest BCUT2D eigenvalue weighted by molar-refractivity contribution is 4.96. The molecule has 1 fully saturated rings. The van der Waals surface area contributed by atoms with E-state index in [9.17, 15) is 0 Å². The zero-order valence-electron chi connectivity index (χ0n) is 11.4. The van der Waals surface area contributed by atoms with Gasteiger partial charge in [-0.25, -0.2) is 0 Å². The Hall–Kier alpha value is -0.810. The van der Waals surface area contributed by atoms with Crippen LogP contribution in [0.5, 0.6) is 0 Å². The third-order valence-electron chi connectivity index (χ3n) is 4.40. The molecule has 0 saturated heterocycles. The Morgan fingerprint density at radius 3 is 2.71 bits per heavy atom. The molecule has 0 spiro atoms. The molecule has 1 aliphatic rings. The summed E-state index contributed by atoms with van der Waals surface area (Å²) in [7, 11) is 0. The lowest BCUT2D eigenvalue weighted by Gasteiger charge is -2.41. The Kier molecular flexibility index (Phi) is 5.21. The minimum Gasteiger partial charge on any atom is -0.373 e. The summed E-state index contributed by atoms with van der Waals surface area (Å²) < 4.78 is 5.76. The first-order valence-electron chi connectivity index (χ1n) is 6.67. The second kappa shape index (κ2) is 6.21. The van der Waals surface area contributed by atoms with Crippen LogP contribution in [-0.2, 0) is 4.74 Å². The number of nitrogens with zero attached hydrogens (tertiary/aromatic N) is 1. The Balaban J connectivity index is 2.65. The smallest absolute Gasteiger partial charge is 0.0740 e. The molecule has 0 aromatic heterocycles. The van der Waals surface area contributed by atoms with Crippen molar-refractivity contribution >= 4 is 0 Å². The quantitative estimate of drug-likeness (QED) is 0.676. The maximum absolute atomic E-state index is 9.15. The van der Waals surface area contributed by atoms with E-state index in [1.165, 1.54) is 6.42 Å². The van der Waals surface area contributed by atoms with E-state index in [0.29, 0.717) is 17.9 Å². The molecule has 0 aromatic carbocycles. The topological polar surface area (TPSA) is 33.0 Å². The van der Waals surface area contributed by atoms with Gasteiger partial charge in [0.2, 0.25) is 0 Å². The molecular formula is C15H25NO. The second-order valence-electron chi connectivity index (χ2n) is 5.75. The van der Waals surface area contributed by atoms with Crippen LogP contribution in [0, 0.1) is 28.6 Å². The first-order valence-corrected chi connectivity index (χ1v) is 6.67. The molecule has 96 valence electrons. The summed E-state index contributed by atoms with van der Waals surface area (Å²) in [4.78, 5) is 0. The third kappa shape index (κ3) is 3.57. The van der Waals surface area contributed by atoms with Gasteiger partial charge in [0.15, 0.2) is 0 Å². The van der Waals surface area contributed by atoms with E-state index >= 15 is 0 Å². The van der Waals surface area contributed by atoms with E-state index in [-0.39, 0.29) is 12.0 Å². The Morgan fingerprint density at radius 2 is 2.18 bits per heavy atom. The van der Waals surface area contributed by atoms with Crippen LogP contribution in [0.2, 0.25) is 0 Å². The van der Waals surface area contributed by atoms with E-state index in [1.807, 2.05) is 0 Å². The molecule has 1 rings (SSSR count). The zero-order chi connectivity index (χ0) is 12.9. The van der Waals surface area contributed by atoms with Crippen molar-refractivity contribution < 1.29 is 4.74 Å². The lowest BCUT2D eigenvalue weighted by atomic mass is 9.67. The van der Waals surface area contributed by atoms with Crippen LogP contribution >= 0.6 is 0 Å². The molecule has 0 aliphatic heterocycles. The van der Waals surface area contributed by atoms with Gasteiger partial charge in [-0.2, -0.15) is 5.26 Å². The van der Waals surface area contributed by atoms with Gasteiger partial charge in [0.1, 0.15) is 0 Å². The lowest BCUT2D eigenvalue weighted by Crippen LogP contribution is -2.37. The molecule has 0 bridgehead atoms. The van der Waals surface area contributed by atoms with Gasteiger partial charge in [0, 0.05) is 0 Å². The Labute approximate surface area is 106 Å². The first kappa shape index (κ1) is 14.3. The van der Waals surface area contributed by atoms with Crippen LogP contribution in [0.15, 0.2) is 12.7 Å². The fraction of sp³-hybridized carbons (Fsp3) is 0.800. The second-order valence-corrected chi connectivity index (χ2v) is 5.75. The monoisotopic (exact) mass is 235 g/mol. The van der Waals surface area contributed by atoms with Crippen molar-refractivity contribution in [1.29, 1.82) is 5.26 Å². The third-order valence-corrected chi connectivity index (χ3v) is 4.40. The summed E-state index contributed by atoms with van der Waals surface area (Å²) in [5.41, 5.74) is 0.357. The predicted molar refractivity (Wildman–Crippen MR) is 70.5 cm³/mol. The van der Waals surface area contributed by atoms with Crippen molar-refractivity contribution in [3.8, 4) is 6.07 Å².